The van der Waals surface area contributed by atoms with E-state index in [1.165, 1.54) is 103 Å². The molecule has 0 amide bonds. The Morgan fingerprint density at radius 1 is 0.625 bits per heavy atom. The molecule has 0 aromatic rings. The summed E-state index contributed by atoms with van der Waals surface area (Å²) in [7, 11) is 3.68. The van der Waals surface area contributed by atoms with Crippen LogP contribution in [0.5, 0.6) is 0 Å². The zero-order valence-electron chi connectivity index (χ0n) is 22.5. The molecule has 2 atom stereocenters. The number of hydrogen-bond donors (Lipinski definition) is 0. The molecule has 4 heteroatoms. The fourth-order valence-electron chi connectivity index (χ4n) is 4.81. The maximum atomic E-state index is 12.1. The summed E-state index contributed by atoms with van der Waals surface area (Å²) >= 11 is 0. The Labute approximate surface area is 202 Å². The lowest BCUT2D eigenvalue weighted by molar-refractivity contribution is -0.910. The van der Waals surface area contributed by atoms with Gasteiger partial charge in [-0.25, -0.2) is 0 Å². The first kappa shape index (κ1) is 31.8. The third kappa shape index (κ3) is 14.8. The first-order valence-corrected chi connectivity index (χ1v) is 15.1. The SMILES string of the molecule is CCCCCCC/C=C\CCCCCCCCCCCCC(CCC)([P+](=O)[O-])[N+](C)(C)C. The van der Waals surface area contributed by atoms with Crippen molar-refractivity contribution in [1.82, 2.24) is 0 Å². The molecule has 0 heterocycles. The number of nitrogens with zero attached hydrogens (tertiary/aromatic N) is 1. The monoisotopic (exact) mass is 470 g/mol. The molecule has 0 N–H and O–H groups in total. The van der Waals surface area contributed by atoms with Crippen molar-refractivity contribution >= 4 is 8.03 Å². The maximum absolute atomic E-state index is 12.1. The van der Waals surface area contributed by atoms with Crippen molar-refractivity contribution in [2.45, 2.75) is 148 Å². The van der Waals surface area contributed by atoms with E-state index in [1.54, 1.807) is 0 Å². The van der Waals surface area contributed by atoms with Gasteiger partial charge in [-0.1, -0.05) is 108 Å². The highest BCUT2D eigenvalue weighted by atomic mass is 31.1. The van der Waals surface area contributed by atoms with Crippen LogP contribution in [0, 0.1) is 0 Å². The van der Waals surface area contributed by atoms with Gasteiger partial charge in [0.2, 0.25) is 0 Å². The Balaban J connectivity index is 3.62. The molecule has 2 unspecified atom stereocenters. The van der Waals surface area contributed by atoms with Gasteiger partial charge < -0.3 is 4.89 Å². The number of quaternary nitrogens is 1. The Bertz CT molecular complexity index is 473. The lowest BCUT2D eigenvalue weighted by atomic mass is 9.99. The van der Waals surface area contributed by atoms with Crippen molar-refractivity contribution in [1.29, 1.82) is 0 Å². The van der Waals surface area contributed by atoms with Crippen molar-refractivity contribution in [3.05, 3.63) is 12.2 Å². The van der Waals surface area contributed by atoms with Crippen LogP contribution in [0.1, 0.15) is 142 Å². The lowest BCUT2D eigenvalue weighted by Crippen LogP contribution is -2.55. The fourth-order valence-corrected chi connectivity index (χ4v) is 6.05. The maximum Gasteiger partial charge on any atom is 0.376 e. The first-order valence-electron chi connectivity index (χ1n) is 13.9. The normalized spacial score (nSPS) is 14.8. The third-order valence-corrected chi connectivity index (χ3v) is 8.80. The standard InChI is InChI=1S/C28H57NO2P/c1-6-8-9-10-11-12-13-14-15-16-17-18-19-20-21-22-23-24-25-27-28(26-7-2,32(30)31)29(3,4)5/h13-14H,6-12,15-27H2,1-5H3/q+1/b14-13-. The van der Waals surface area contributed by atoms with Gasteiger partial charge in [-0.2, -0.15) is 0 Å². The quantitative estimate of drug-likeness (QED) is 0.0647. The van der Waals surface area contributed by atoms with E-state index in [1.807, 2.05) is 21.1 Å². The van der Waals surface area contributed by atoms with Crippen LogP contribution in [0.3, 0.4) is 0 Å². The third-order valence-electron chi connectivity index (χ3n) is 7.08. The van der Waals surface area contributed by atoms with Crippen molar-refractivity contribution < 1.29 is 13.9 Å². The number of unbranched alkanes of at least 4 members (excludes halogenated alkanes) is 15. The van der Waals surface area contributed by atoms with E-state index in [2.05, 4.69) is 26.0 Å². The molecule has 0 aliphatic rings. The topological polar surface area (TPSA) is 40.1 Å². The van der Waals surface area contributed by atoms with Gasteiger partial charge in [0.05, 0.1) is 21.1 Å². The number of allylic oxidation sites excluding steroid dienone is 2. The minimum atomic E-state index is -2.42. The summed E-state index contributed by atoms with van der Waals surface area (Å²) in [5.41, 5.74) is 0. The molecule has 0 bridgehead atoms. The molecular formula is C28H57NO2P+. The van der Waals surface area contributed by atoms with Crippen molar-refractivity contribution in [2.24, 2.45) is 0 Å². The number of hydrogen-bond acceptors (Lipinski definition) is 2. The first-order chi connectivity index (χ1) is 15.3. The van der Waals surface area contributed by atoms with Gasteiger partial charge in [-0.05, 0) is 38.5 Å². The second-order valence-electron chi connectivity index (χ2n) is 10.8. The zero-order chi connectivity index (χ0) is 24.1. The van der Waals surface area contributed by atoms with E-state index in [4.69, 9.17) is 0 Å². The summed E-state index contributed by atoms with van der Waals surface area (Å²) < 4.78 is 12.6. The molecule has 190 valence electrons. The van der Waals surface area contributed by atoms with E-state index < -0.39 is 13.3 Å². The Kier molecular flexibility index (Phi) is 20.0. The summed E-state index contributed by atoms with van der Waals surface area (Å²) in [6, 6.07) is 0. The molecule has 3 nitrogen and oxygen atoms in total. The second-order valence-corrected chi connectivity index (χ2v) is 12.1. The predicted octanol–water partition coefficient (Wildman–Crippen LogP) is 8.89. The summed E-state index contributed by atoms with van der Waals surface area (Å²) in [6.07, 6.45) is 29.6. The van der Waals surface area contributed by atoms with Crippen LogP contribution in [0.2, 0.25) is 0 Å². The van der Waals surface area contributed by atoms with Gasteiger partial charge in [0.25, 0.3) is 5.28 Å². The minimum Gasteiger partial charge on any atom is -0.590 e. The average molecular weight is 471 g/mol. The summed E-state index contributed by atoms with van der Waals surface area (Å²) in [5, 5.41) is -0.589. The van der Waals surface area contributed by atoms with Crippen LogP contribution in [0.4, 0.5) is 0 Å². The van der Waals surface area contributed by atoms with Gasteiger partial charge in [0.15, 0.2) is 0 Å². The summed E-state index contributed by atoms with van der Waals surface area (Å²) in [6.45, 7) is 4.37. The Hall–Kier alpha value is -0.240. The van der Waals surface area contributed by atoms with Gasteiger partial charge in [-0.3, -0.25) is 4.48 Å². The largest absolute Gasteiger partial charge is 0.590 e. The molecule has 0 saturated heterocycles. The van der Waals surface area contributed by atoms with Gasteiger partial charge >= 0.3 is 8.03 Å². The molecule has 0 saturated carbocycles. The molecule has 0 spiro atoms. The highest BCUT2D eigenvalue weighted by Gasteiger charge is 2.53. The molecule has 0 aliphatic heterocycles. The van der Waals surface area contributed by atoms with Crippen LogP contribution in [-0.2, 0) is 4.57 Å². The Morgan fingerprint density at radius 3 is 1.41 bits per heavy atom. The molecule has 0 radical (unpaired) electrons. The molecule has 0 fully saturated rings. The van der Waals surface area contributed by atoms with Crippen LogP contribution >= 0.6 is 8.03 Å². The minimum absolute atomic E-state index is 0.522. The predicted molar refractivity (Wildman–Crippen MR) is 141 cm³/mol. The molecule has 0 aromatic heterocycles. The van der Waals surface area contributed by atoms with E-state index in [9.17, 15) is 9.46 Å². The molecule has 0 aliphatic carbocycles. The van der Waals surface area contributed by atoms with E-state index in [0.717, 1.165) is 25.7 Å². The summed E-state index contributed by atoms with van der Waals surface area (Å²) in [4.78, 5) is 12.1. The van der Waals surface area contributed by atoms with Gasteiger partial charge in [0, 0.05) is 12.8 Å². The van der Waals surface area contributed by atoms with Crippen molar-refractivity contribution in [2.75, 3.05) is 21.1 Å². The van der Waals surface area contributed by atoms with Crippen LogP contribution in [0.25, 0.3) is 0 Å². The highest BCUT2D eigenvalue weighted by Crippen LogP contribution is 2.45. The van der Waals surface area contributed by atoms with Crippen LogP contribution in [0.15, 0.2) is 12.2 Å². The second kappa shape index (κ2) is 20.2. The van der Waals surface area contributed by atoms with E-state index >= 15 is 0 Å². The van der Waals surface area contributed by atoms with Gasteiger partial charge in [0.1, 0.15) is 0 Å². The van der Waals surface area contributed by atoms with Crippen LogP contribution < -0.4 is 4.89 Å². The summed E-state index contributed by atoms with van der Waals surface area (Å²) in [5.74, 6) is 0. The Morgan fingerprint density at radius 2 is 1.03 bits per heavy atom. The van der Waals surface area contributed by atoms with E-state index in [0.29, 0.717) is 4.48 Å². The average Bonchev–Trinajstić information content (AvgIpc) is 2.73. The smallest absolute Gasteiger partial charge is 0.376 e. The number of rotatable bonds is 23. The van der Waals surface area contributed by atoms with Crippen LogP contribution in [-0.4, -0.2) is 30.9 Å². The zero-order valence-corrected chi connectivity index (χ0v) is 23.4. The molecule has 0 rings (SSSR count). The van der Waals surface area contributed by atoms with Crippen molar-refractivity contribution in [3.8, 4) is 0 Å². The van der Waals surface area contributed by atoms with Crippen molar-refractivity contribution in [3.63, 3.8) is 0 Å². The molecular weight excluding hydrogens is 413 g/mol. The van der Waals surface area contributed by atoms with Gasteiger partial charge in [-0.15, -0.1) is 0 Å². The molecule has 0 aromatic carbocycles. The molecule has 32 heavy (non-hydrogen) atoms. The highest BCUT2D eigenvalue weighted by molar-refractivity contribution is 7.38. The lowest BCUT2D eigenvalue weighted by Gasteiger charge is -2.39. The fraction of sp³-hybridized carbons (Fsp3) is 0.929. The van der Waals surface area contributed by atoms with E-state index in [-0.39, 0.29) is 0 Å².